The van der Waals surface area contributed by atoms with Crippen LogP contribution < -0.4 is 5.43 Å². The standard InChI is InChI=1S/C16H13NO5/c1-9-3-4-14-12(5-9)13(18)7-15(21-14)16(19)20-8-11-6-10(2)17-22-11/h3-7H,8H2,1-2H3. The van der Waals surface area contributed by atoms with E-state index in [0.29, 0.717) is 22.4 Å². The topological polar surface area (TPSA) is 82.5 Å². The first-order chi connectivity index (χ1) is 10.5. The molecule has 0 spiro atoms. The van der Waals surface area contributed by atoms with Gasteiger partial charge in [0.15, 0.2) is 17.8 Å². The van der Waals surface area contributed by atoms with Crippen LogP contribution in [-0.4, -0.2) is 11.1 Å². The molecule has 3 rings (SSSR count). The number of fused-ring (bicyclic) bond motifs is 1. The Kier molecular flexibility index (Phi) is 3.50. The van der Waals surface area contributed by atoms with Crippen molar-refractivity contribution >= 4 is 16.9 Å². The van der Waals surface area contributed by atoms with Crippen LogP contribution >= 0.6 is 0 Å². The van der Waals surface area contributed by atoms with Crippen molar-refractivity contribution in [1.82, 2.24) is 5.16 Å². The quantitative estimate of drug-likeness (QED) is 0.691. The van der Waals surface area contributed by atoms with Crippen LogP contribution in [0, 0.1) is 13.8 Å². The van der Waals surface area contributed by atoms with Gasteiger partial charge in [-0.2, -0.15) is 0 Å². The maximum Gasteiger partial charge on any atom is 0.374 e. The van der Waals surface area contributed by atoms with Crippen LogP contribution in [0.4, 0.5) is 0 Å². The fraction of sp³-hybridized carbons (Fsp3) is 0.188. The van der Waals surface area contributed by atoms with Gasteiger partial charge < -0.3 is 13.7 Å². The van der Waals surface area contributed by atoms with Crippen LogP contribution in [0.25, 0.3) is 11.0 Å². The minimum atomic E-state index is -0.728. The lowest BCUT2D eigenvalue weighted by Gasteiger charge is -2.03. The van der Waals surface area contributed by atoms with E-state index < -0.39 is 5.97 Å². The molecule has 0 radical (unpaired) electrons. The predicted molar refractivity (Wildman–Crippen MR) is 77.6 cm³/mol. The summed E-state index contributed by atoms with van der Waals surface area (Å²) in [6, 6.07) is 7.97. The van der Waals surface area contributed by atoms with Gasteiger partial charge in [0.2, 0.25) is 5.76 Å². The highest BCUT2D eigenvalue weighted by Gasteiger charge is 2.15. The average Bonchev–Trinajstić information content (AvgIpc) is 2.91. The molecule has 0 atom stereocenters. The molecule has 0 N–H and O–H groups in total. The van der Waals surface area contributed by atoms with Gasteiger partial charge in [-0.25, -0.2) is 4.79 Å². The first-order valence-electron chi connectivity index (χ1n) is 6.67. The molecule has 6 nitrogen and oxygen atoms in total. The van der Waals surface area contributed by atoms with Gasteiger partial charge in [-0.15, -0.1) is 0 Å². The van der Waals surface area contributed by atoms with Crippen LogP contribution in [0.3, 0.4) is 0 Å². The number of nitrogens with zero attached hydrogens (tertiary/aromatic N) is 1. The lowest BCUT2D eigenvalue weighted by molar-refractivity contribution is 0.0401. The smallest absolute Gasteiger partial charge is 0.374 e. The van der Waals surface area contributed by atoms with Crippen LogP contribution in [0.15, 0.2) is 44.1 Å². The monoisotopic (exact) mass is 299 g/mol. The van der Waals surface area contributed by atoms with E-state index in [-0.39, 0.29) is 17.8 Å². The van der Waals surface area contributed by atoms with Crippen molar-refractivity contribution in [2.24, 2.45) is 0 Å². The second kappa shape index (κ2) is 5.48. The summed E-state index contributed by atoms with van der Waals surface area (Å²) in [6.45, 7) is 3.56. The molecule has 22 heavy (non-hydrogen) atoms. The zero-order chi connectivity index (χ0) is 15.7. The zero-order valence-corrected chi connectivity index (χ0v) is 12.1. The first-order valence-corrected chi connectivity index (χ1v) is 6.67. The van der Waals surface area contributed by atoms with Crippen molar-refractivity contribution in [3.8, 4) is 0 Å². The Morgan fingerprint density at radius 2 is 2.05 bits per heavy atom. The molecule has 112 valence electrons. The molecule has 0 fully saturated rings. The summed E-state index contributed by atoms with van der Waals surface area (Å²) in [7, 11) is 0. The Hall–Kier alpha value is -2.89. The number of aryl methyl sites for hydroxylation is 2. The van der Waals surface area contributed by atoms with Gasteiger partial charge in [-0.05, 0) is 26.0 Å². The maximum atomic E-state index is 12.0. The van der Waals surface area contributed by atoms with Crippen molar-refractivity contribution in [3.63, 3.8) is 0 Å². The third kappa shape index (κ3) is 2.76. The number of rotatable bonds is 3. The van der Waals surface area contributed by atoms with Crippen molar-refractivity contribution in [2.75, 3.05) is 0 Å². The lowest BCUT2D eigenvalue weighted by Crippen LogP contribution is -2.10. The van der Waals surface area contributed by atoms with Crippen LogP contribution in [-0.2, 0) is 11.3 Å². The third-order valence-electron chi connectivity index (χ3n) is 3.11. The number of benzene rings is 1. The molecule has 0 saturated heterocycles. The molecule has 0 amide bonds. The normalized spacial score (nSPS) is 10.8. The van der Waals surface area contributed by atoms with Crippen molar-refractivity contribution in [1.29, 1.82) is 0 Å². The highest BCUT2D eigenvalue weighted by Crippen LogP contribution is 2.15. The molecule has 1 aromatic carbocycles. The van der Waals surface area contributed by atoms with E-state index in [1.807, 2.05) is 6.92 Å². The molecule has 3 aromatic rings. The van der Waals surface area contributed by atoms with E-state index >= 15 is 0 Å². The predicted octanol–water partition coefficient (Wildman–Crippen LogP) is 2.75. The molecule has 0 unspecified atom stereocenters. The Labute approximate surface area is 125 Å². The Balaban J connectivity index is 1.85. The Morgan fingerprint density at radius 1 is 1.23 bits per heavy atom. The van der Waals surface area contributed by atoms with Gasteiger partial charge in [0, 0.05) is 12.1 Å². The summed E-state index contributed by atoms with van der Waals surface area (Å²) in [5.41, 5.74) is 1.70. The number of aromatic nitrogens is 1. The number of carbonyl (C=O) groups excluding carboxylic acids is 1. The Bertz CT molecular complexity index is 906. The summed E-state index contributed by atoms with van der Waals surface area (Å²) < 4.78 is 15.4. The molecule has 0 saturated carbocycles. The van der Waals surface area contributed by atoms with Gasteiger partial charge in [0.25, 0.3) is 0 Å². The molecule has 0 aliphatic carbocycles. The van der Waals surface area contributed by atoms with E-state index in [4.69, 9.17) is 13.7 Å². The van der Waals surface area contributed by atoms with Gasteiger partial charge in [0.05, 0.1) is 11.1 Å². The van der Waals surface area contributed by atoms with Gasteiger partial charge in [-0.1, -0.05) is 16.8 Å². The second-order valence-electron chi connectivity index (χ2n) is 4.99. The summed E-state index contributed by atoms with van der Waals surface area (Å²) in [5.74, 6) is -0.448. The van der Waals surface area contributed by atoms with E-state index in [9.17, 15) is 9.59 Å². The first kappa shape index (κ1) is 14.1. The summed E-state index contributed by atoms with van der Waals surface area (Å²) in [4.78, 5) is 24.0. The molecule has 0 aliphatic rings. The van der Waals surface area contributed by atoms with E-state index in [0.717, 1.165) is 11.6 Å². The van der Waals surface area contributed by atoms with Crippen molar-refractivity contribution in [2.45, 2.75) is 20.5 Å². The van der Waals surface area contributed by atoms with E-state index in [1.54, 1.807) is 31.2 Å². The Morgan fingerprint density at radius 3 is 2.77 bits per heavy atom. The van der Waals surface area contributed by atoms with Gasteiger partial charge >= 0.3 is 5.97 Å². The zero-order valence-electron chi connectivity index (χ0n) is 12.1. The molecule has 0 bridgehead atoms. The summed E-state index contributed by atoms with van der Waals surface area (Å²) >= 11 is 0. The molecule has 0 aliphatic heterocycles. The van der Waals surface area contributed by atoms with Crippen LogP contribution in [0.2, 0.25) is 0 Å². The number of esters is 1. The fourth-order valence-corrected chi connectivity index (χ4v) is 2.06. The van der Waals surface area contributed by atoms with Crippen molar-refractivity contribution < 1.29 is 18.5 Å². The molecular weight excluding hydrogens is 286 g/mol. The SMILES string of the molecule is Cc1ccc2oc(C(=O)OCc3cc(C)no3)cc(=O)c2c1. The van der Waals surface area contributed by atoms with Crippen molar-refractivity contribution in [3.05, 3.63) is 63.3 Å². The average molecular weight is 299 g/mol. The maximum absolute atomic E-state index is 12.0. The highest BCUT2D eigenvalue weighted by atomic mass is 16.6. The van der Waals surface area contributed by atoms with Crippen LogP contribution in [0.1, 0.15) is 27.6 Å². The minimum absolute atomic E-state index is 0.0741. The largest absolute Gasteiger partial charge is 0.452 e. The fourth-order valence-electron chi connectivity index (χ4n) is 2.06. The minimum Gasteiger partial charge on any atom is -0.452 e. The highest BCUT2D eigenvalue weighted by molar-refractivity contribution is 5.89. The third-order valence-corrected chi connectivity index (χ3v) is 3.11. The number of hydrogen-bond donors (Lipinski definition) is 0. The number of ether oxygens (including phenoxy) is 1. The molecule has 2 aromatic heterocycles. The van der Waals surface area contributed by atoms with Gasteiger partial charge in [-0.3, -0.25) is 4.79 Å². The number of carbonyl (C=O) groups is 1. The number of hydrogen-bond acceptors (Lipinski definition) is 6. The molecular formula is C16H13NO5. The van der Waals surface area contributed by atoms with Gasteiger partial charge in [0.1, 0.15) is 5.58 Å². The van der Waals surface area contributed by atoms with Crippen LogP contribution in [0.5, 0.6) is 0 Å². The molecule has 6 heteroatoms. The second-order valence-corrected chi connectivity index (χ2v) is 4.99. The summed E-state index contributed by atoms with van der Waals surface area (Å²) in [5, 5.41) is 4.12. The lowest BCUT2D eigenvalue weighted by atomic mass is 10.1. The molecule has 2 heterocycles. The van der Waals surface area contributed by atoms with E-state index in [2.05, 4.69) is 5.16 Å². The van der Waals surface area contributed by atoms with E-state index in [1.165, 1.54) is 0 Å². The summed E-state index contributed by atoms with van der Waals surface area (Å²) in [6.07, 6.45) is 0.